The van der Waals surface area contributed by atoms with Crippen molar-refractivity contribution in [3.8, 4) is 5.88 Å². The molecule has 0 bridgehead atoms. The van der Waals surface area contributed by atoms with Gasteiger partial charge in [0.25, 0.3) is 0 Å². The number of nitrogens with zero attached hydrogens (tertiary/aromatic N) is 2. The number of nitrogens with one attached hydrogen (secondary N) is 2. The number of aliphatic hydroxyl groups is 1. The van der Waals surface area contributed by atoms with Gasteiger partial charge >= 0.3 is 6.18 Å². The monoisotopic (exact) mass is 390 g/mol. The average molecular weight is 390 g/mol. The number of aromatic nitrogens is 1. The Morgan fingerprint density at radius 3 is 2.89 bits per heavy atom. The molecule has 3 N–H and O–H groups in total. The molecule has 0 aliphatic carbocycles. The first kappa shape index (κ1) is 21.2. The summed E-state index contributed by atoms with van der Waals surface area (Å²) in [6, 6.07) is 3.26. The number of aliphatic hydroxyl groups excluding tert-OH is 1. The number of pyridine rings is 1. The molecular formula is C17H25F3N4O3. The second-order valence-electron chi connectivity index (χ2n) is 6.43. The smallest absolute Gasteiger partial charge is 0.422 e. The lowest BCUT2D eigenvalue weighted by Gasteiger charge is -2.27. The molecule has 0 saturated carbocycles. The van der Waals surface area contributed by atoms with Gasteiger partial charge in [-0.05, 0) is 18.9 Å². The molecule has 0 aromatic carbocycles. The molecule has 1 saturated heterocycles. The quantitative estimate of drug-likeness (QED) is 0.460. The Balaban J connectivity index is 1.90. The van der Waals surface area contributed by atoms with E-state index in [1.807, 2.05) is 0 Å². The fraction of sp³-hybridized carbons (Fsp3) is 0.647. The highest BCUT2D eigenvalue weighted by atomic mass is 19.4. The first-order valence-electron chi connectivity index (χ1n) is 8.64. The van der Waals surface area contributed by atoms with Gasteiger partial charge in [0.05, 0.1) is 6.61 Å². The molecule has 1 unspecified atom stereocenters. The van der Waals surface area contributed by atoms with Gasteiger partial charge < -0.3 is 25.2 Å². The van der Waals surface area contributed by atoms with Gasteiger partial charge in [0, 0.05) is 50.5 Å². The van der Waals surface area contributed by atoms with Crippen LogP contribution in [-0.4, -0.2) is 62.2 Å². The van der Waals surface area contributed by atoms with Crippen LogP contribution in [-0.2, 0) is 11.3 Å². The third kappa shape index (κ3) is 6.87. The Morgan fingerprint density at radius 2 is 2.26 bits per heavy atom. The van der Waals surface area contributed by atoms with Gasteiger partial charge in [0.15, 0.2) is 12.6 Å². The second kappa shape index (κ2) is 9.75. The van der Waals surface area contributed by atoms with Crippen LogP contribution in [0.3, 0.4) is 0 Å². The molecule has 1 fully saturated rings. The number of halogens is 3. The average Bonchev–Trinajstić information content (AvgIpc) is 3.09. The maximum Gasteiger partial charge on any atom is 0.422 e. The number of rotatable bonds is 8. The van der Waals surface area contributed by atoms with Crippen LogP contribution in [0.5, 0.6) is 5.88 Å². The molecule has 7 nitrogen and oxygen atoms in total. The van der Waals surface area contributed by atoms with Crippen molar-refractivity contribution < 1.29 is 27.8 Å². The van der Waals surface area contributed by atoms with Crippen LogP contribution in [0.2, 0.25) is 0 Å². The van der Waals surface area contributed by atoms with Crippen molar-refractivity contribution in [1.29, 1.82) is 0 Å². The molecule has 152 valence electrons. The maximum atomic E-state index is 12.4. The summed E-state index contributed by atoms with van der Waals surface area (Å²) >= 11 is 0. The third-order valence-electron chi connectivity index (χ3n) is 4.35. The zero-order chi connectivity index (χ0) is 19.8. The lowest BCUT2D eigenvalue weighted by atomic mass is 9.84. The van der Waals surface area contributed by atoms with E-state index < -0.39 is 12.8 Å². The highest BCUT2D eigenvalue weighted by Crippen LogP contribution is 2.31. The van der Waals surface area contributed by atoms with Gasteiger partial charge in [-0.1, -0.05) is 6.07 Å². The minimum Gasteiger partial charge on any atom is -0.468 e. The summed E-state index contributed by atoms with van der Waals surface area (Å²) in [6.07, 6.45) is -1.59. The Morgan fingerprint density at radius 1 is 1.44 bits per heavy atom. The van der Waals surface area contributed by atoms with Crippen LogP contribution in [0.4, 0.5) is 13.2 Å². The lowest BCUT2D eigenvalue weighted by molar-refractivity contribution is -0.154. The van der Waals surface area contributed by atoms with Crippen molar-refractivity contribution >= 4 is 5.96 Å². The highest BCUT2D eigenvalue weighted by Gasteiger charge is 2.34. The Kier molecular flexibility index (Phi) is 7.66. The summed E-state index contributed by atoms with van der Waals surface area (Å²) in [6.45, 7) is 0.668. The van der Waals surface area contributed by atoms with Gasteiger partial charge in [-0.3, -0.25) is 4.99 Å². The molecule has 1 aromatic heterocycles. The van der Waals surface area contributed by atoms with E-state index in [2.05, 4.69) is 20.6 Å². The standard InChI is InChI=1S/C17H25F3N4O3/c1-21-15(24-10-16(4-7-25)5-8-26-11-16)23-9-13-3-2-6-22-14(13)27-12-17(18,19)20/h2-3,6,25H,4-5,7-12H2,1H3,(H2,21,23,24). The minimum atomic E-state index is -4.43. The summed E-state index contributed by atoms with van der Waals surface area (Å²) in [5, 5.41) is 15.5. The molecule has 1 aliphatic rings. The van der Waals surface area contributed by atoms with Crippen molar-refractivity contribution in [2.24, 2.45) is 10.4 Å². The number of alkyl halides is 3. The van der Waals surface area contributed by atoms with Crippen LogP contribution in [0.25, 0.3) is 0 Å². The highest BCUT2D eigenvalue weighted by molar-refractivity contribution is 5.79. The summed E-state index contributed by atoms with van der Waals surface area (Å²) in [5.41, 5.74) is 0.334. The molecule has 0 radical (unpaired) electrons. The summed E-state index contributed by atoms with van der Waals surface area (Å²) in [7, 11) is 1.60. The minimum absolute atomic E-state index is 0.0706. The van der Waals surface area contributed by atoms with Gasteiger partial charge in [-0.2, -0.15) is 13.2 Å². The van der Waals surface area contributed by atoms with Gasteiger partial charge in [0.2, 0.25) is 5.88 Å². The summed E-state index contributed by atoms with van der Waals surface area (Å²) in [5.74, 6) is 0.420. The molecule has 10 heteroatoms. The number of ether oxygens (including phenoxy) is 2. The largest absolute Gasteiger partial charge is 0.468 e. The van der Waals surface area contributed by atoms with Crippen molar-refractivity contribution in [2.45, 2.75) is 25.6 Å². The lowest BCUT2D eigenvalue weighted by Crippen LogP contribution is -2.44. The van der Waals surface area contributed by atoms with Crippen LogP contribution in [0.1, 0.15) is 18.4 Å². The topological polar surface area (TPSA) is 88.0 Å². The first-order valence-corrected chi connectivity index (χ1v) is 8.64. The normalized spacial score (nSPS) is 20.6. The molecule has 0 amide bonds. The van der Waals surface area contributed by atoms with Gasteiger partial charge in [0.1, 0.15) is 0 Å². The molecule has 2 heterocycles. The van der Waals surface area contributed by atoms with E-state index in [9.17, 15) is 18.3 Å². The molecule has 1 aliphatic heterocycles. The molecular weight excluding hydrogens is 365 g/mol. The Hall–Kier alpha value is -2.07. The maximum absolute atomic E-state index is 12.4. The number of hydrogen-bond acceptors (Lipinski definition) is 5. The number of aliphatic imine (C=N–C) groups is 1. The zero-order valence-corrected chi connectivity index (χ0v) is 15.2. The van der Waals surface area contributed by atoms with Crippen molar-refractivity contribution in [1.82, 2.24) is 15.6 Å². The Bertz CT molecular complexity index is 620. The van der Waals surface area contributed by atoms with E-state index in [1.54, 1.807) is 19.2 Å². The summed E-state index contributed by atoms with van der Waals surface area (Å²) in [4.78, 5) is 7.98. The van der Waals surface area contributed by atoms with Crippen LogP contribution in [0.15, 0.2) is 23.3 Å². The van der Waals surface area contributed by atoms with E-state index in [-0.39, 0.29) is 24.4 Å². The van der Waals surface area contributed by atoms with Gasteiger partial charge in [-0.15, -0.1) is 0 Å². The van der Waals surface area contributed by atoms with E-state index in [4.69, 9.17) is 9.47 Å². The van der Waals surface area contributed by atoms with E-state index in [0.29, 0.717) is 37.7 Å². The van der Waals surface area contributed by atoms with Crippen molar-refractivity contribution in [3.05, 3.63) is 23.9 Å². The molecule has 27 heavy (non-hydrogen) atoms. The number of hydrogen-bond donors (Lipinski definition) is 3. The fourth-order valence-electron chi connectivity index (χ4n) is 2.82. The van der Waals surface area contributed by atoms with Crippen LogP contribution < -0.4 is 15.4 Å². The van der Waals surface area contributed by atoms with E-state index in [0.717, 1.165) is 6.42 Å². The first-order chi connectivity index (χ1) is 12.9. The fourth-order valence-corrected chi connectivity index (χ4v) is 2.82. The van der Waals surface area contributed by atoms with Crippen LogP contribution >= 0.6 is 0 Å². The summed E-state index contributed by atoms with van der Waals surface area (Å²) < 4.78 is 47.3. The molecule has 0 spiro atoms. The van der Waals surface area contributed by atoms with Gasteiger partial charge in [-0.25, -0.2) is 4.98 Å². The second-order valence-corrected chi connectivity index (χ2v) is 6.43. The van der Waals surface area contributed by atoms with E-state index in [1.165, 1.54) is 6.20 Å². The Labute approximate surface area is 156 Å². The third-order valence-corrected chi connectivity index (χ3v) is 4.35. The van der Waals surface area contributed by atoms with Crippen molar-refractivity contribution in [3.63, 3.8) is 0 Å². The van der Waals surface area contributed by atoms with E-state index >= 15 is 0 Å². The molecule has 1 aromatic rings. The molecule has 1 atom stereocenters. The predicted molar refractivity (Wildman–Crippen MR) is 93.6 cm³/mol. The SMILES string of the molecule is CN=C(NCc1cccnc1OCC(F)(F)F)NCC1(CCO)CCOC1. The van der Waals surface area contributed by atoms with Crippen LogP contribution in [0, 0.1) is 5.41 Å². The van der Waals surface area contributed by atoms with Crippen molar-refractivity contribution in [2.75, 3.05) is 40.0 Å². The molecule has 2 rings (SSSR count). The zero-order valence-electron chi connectivity index (χ0n) is 15.2. The number of guanidine groups is 1. The predicted octanol–water partition coefficient (Wildman–Crippen LogP) is 1.48.